The van der Waals surface area contributed by atoms with Crippen molar-refractivity contribution >= 4 is 55.5 Å². The molecule has 74 valence electrons. The molecule has 0 fully saturated rings. The summed E-state index contributed by atoms with van der Waals surface area (Å²) in [6.07, 6.45) is 0. The lowest BCUT2D eigenvalue weighted by Crippen LogP contribution is -2.41. The summed E-state index contributed by atoms with van der Waals surface area (Å²) in [5.74, 6) is -0.392. The Labute approximate surface area is 97.2 Å². The topological polar surface area (TPSA) is 50.7 Å². The van der Waals surface area contributed by atoms with E-state index in [4.69, 9.17) is 0 Å². The number of rotatable bonds is 3. The smallest absolute Gasteiger partial charge is 0.355 e. The van der Waals surface area contributed by atoms with Gasteiger partial charge in [0.25, 0.3) is 0 Å². The summed E-state index contributed by atoms with van der Waals surface area (Å²) in [5, 5.41) is 5.17. The fourth-order valence-corrected chi connectivity index (χ4v) is 3.64. The lowest BCUT2D eigenvalue weighted by molar-refractivity contribution is -0.132. The molecule has 7 heteroatoms. The van der Waals surface area contributed by atoms with Gasteiger partial charge in [0.2, 0.25) is 0 Å². The van der Waals surface area contributed by atoms with Gasteiger partial charge in [0, 0.05) is 10.7 Å². The number of carbonyl (C=O) groups excluding carboxylic acids is 1. The average molecular weight is 332 g/mol. The van der Waals surface area contributed by atoms with Crippen LogP contribution in [-0.2, 0) is 9.53 Å². The van der Waals surface area contributed by atoms with Crippen molar-refractivity contribution in [1.29, 1.82) is 0 Å². The third-order valence-corrected chi connectivity index (χ3v) is 5.35. The third kappa shape index (κ3) is 2.02. The third-order valence-electron chi connectivity index (χ3n) is 1.64. The normalized spacial score (nSPS) is 19.2. The molecule has 0 aliphatic carbocycles. The van der Waals surface area contributed by atoms with Crippen LogP contribution in [0.25, 0.3) is 0 Å². The van der Waals surface area contributed by atoms with Crippen LogP contribution in [0.4, 0.5) is 0 Å². The lowest BCUT2D eigenvalue weighted by Gasteiger charge is -2.21. The first kappa shape index (κ1) is 11.3. The molecule has 0 saturated carbocycles. The monoisotopic (exact) mass is 330 g/mol. The number of hydrazone groups is 1. The minimum absolute atomic E-state index is 0.368. The fraction of sp³-hybridized carbons (Fsp3) is 0.667. The van der Waals surface area contributed by atoms with Gasteiger partial charge in [-0.3, -0.25) is 4.83 Å². The Bertz CT molecular complexity index is 243. The number of carbonyl (C=O) groups is 1. The number of nitrogens with zero attached hydrogens (tertiary/aromatic N) is 1. The Hall–Kier alpha value is 0.250. The Balaban J connectivity index is 2.88. The van der Waals surface area contributed by atoms with E-state index < -0.39 is 5.97 Å². The van der Waals surface area contributed by atoms with E-state index in [-0.39, 0.29) is 4.75 Å². The lowest BCUT2D eigenvalue weighted by atomic mass is 10.1. The standard InChI is InChI=1S/C6H8Br2N2O2S/c1-12-5(11)4-6(2-7,3-8)13-10-9-4/h10H,2-3H2,1H3. The molecule has 0 radical (unpaired) electrons. The molecule has 1 aliphatic heterocycles. The second-order valence-corrected chi connectivity index (χ2v) is 4.70. The van der Waals surface area contributed by atoms with Crippen LogP contribution in [0.1, 0.15) is 0 Å². The fourth-order valence-electron chi connectivity index (χ4n) is 0.851. The van der Waals surface area contributed by atoms with Crippen LogP contribution < -0.4 is 4.83 Å². The van der Waals surface area contributed by atoms with Crippen molar-refractivity contribution in [1.82, 2.24) is 4.83 Å². The minimum atomic E-state index is -0.392. The van der Waals surface area contributed by atoms with E-state index in [2.05, 4.69) is 46.5 Å². The highest BCUT2D eigenvalue weighted by Gasteiger charge is 2.43. The highest BCUT2D eigenvalue weighted by molar-refractivity contribution is 9.10. The highest BCUT2D eigenvalue weighted by Crippen LogP contribution is 2.33. The maximum Gasteiger partial charge on any atom is 0.355 e. The zero-order valence-electron chi connectivity index (χ0n) is 6.84. The predicted octanol–water partition coefficient (Wildman–Crippen LogP) is 1.30. The van der Waals surface area contributed by atoms with E-state index >= 15 is 0 Å². The van der Waals surface area contributed by atoms with Crippen molar-refractivity contribution in [2.45, 2.75) is 4.75 Å². The zero-order chi connectivity index (χ0) is 9.90. The molecule has 1 heterocycles. The summed E-state index contributed by atoms with van der Waals surface area (Å²) in [5.41, 5.74) is 0.411. The van der Waals surface area contributed by atoms with Gasteiger partial charge in [0.15, 0.2) is 5.71 Å². The van der Waals surface area contributed by atoms with Crippen LogP contribution in [0.5, 0.6) is 0 Å². The second-order valence-electron chi connectivity index (χ2n) is 2.41. The first-order valence-corrected chi connectivity index (χ1v) is 6.47. The van der Waals surface area contributed by atoms with Gasteiger partial charge in [-0.15, -0.1) is 0 Å². The van der Waals surface area contributed by atoms with Gasteiger partial charge in [-0.1, -0.05) is 31.9 Å². The number of nitrogens with one attached hydrogen (secondary N) is 1. The molecule has 1 N–H and O–H groups in total. The first-order valence-electron chi connectivity index (χ1n) is 3.41. The van der Waals surface area contributed by atoms with Gasteiger partial charge in [-0.05, 0) is 11.9 Å². The van der Waals surface area contributed by atoms with E-state index in [9.17, 15) is 4.79 Å². The molecule has 0 aromatic carbocycles. The van der Waals surface area contributed by atoms with Gasteiger partial charge in [-0.2, -0.15) is 5.10 Å². The SMILES string of the molecule is COC(=O)C1=NNSC1(CBr)CBr. The van der Waals surface area contributed by atoms with E-state index in [0.717, 1.165) is 0 Å². The van der Waals surface area contributed by atoms with Gasteiger partial charge >= 0.3 is 5.97 Å². The summed E-state index contributed by atoms with van der Waals surface area (Å²) in [6, 6.07) is 0. The van der Waals surface area contributed by atoms with Crippen LogP contribution in [0, 0.1) is 0 Å². The van der Waals surface area contributed by atoms with Crippen molar-refractivity contribution < 1.29 is 9.53 Å². The maximum absolute atomic E-state index is 11.3. The van der Waals surface area contributed by atoms with Crippen molar-refractivity contribution in [3.63, 3.8) is 0 Å². The number of hydrogen-bond donors (Lipinski definition) is 1. The summed E-state index contributed by atoms with van der Waals surface area (Å²) >= 11 is 8.10. The zero-order valence-corrected chi connectivity index (χ0v) is 10.8. The number of esters is 1. The van der Waals surface area contributed by atoms with Crippen molar-refractivity contribution in [2.75, 3.05) is 17.8 Å². The molecule has 0 atom stereocenters. The molecule has 1 aliphatic rings. The predicted molar refractivity (Wildman–Crippen MR) is 60.5 cm³/mol. The van der Waals surface area contributed by atoms with Crippen LogP contribution in [0.2, 0.25) is 0 Å². The van der Waals surface area contributed by atoms with Gasteiger partial charge < -0.3 is 4.74 Å². The molecule has 0 aromatic heterocycles. The van der Waals surface area contributed by atoms with Crippen molar-refractivity contribution in [3.05, 3.63) is 0 Å². The Morgan fingerprint density at radius 1 is 1.69 bits per heavy atom. The minimum Gasteiger partial charge on any atom is -0.464 e. The van der Waals surface area contributed by atoms with Crippen LogP contribution in [0.3, 0.4) is 0 Å². The molecule has 0 aromatic rings. The molecule has 13 heavy (non-hydrogen) atoms. The molecular weight excluding hydrogens is 324 g/mol. The number of ether oxygens (including phenoxy) is 1. The maximum atomic E-state index is 11.3. The summed E-state index contributed by atoms with van der Waals surface area (Å²) in [7, 11) is 1.35. The van der Waals surface area contributed by atoms with E-state index in [0.29, 0.717) is 16.4 Å². The van der Waals surface area contributed by atoms with E-state index in [1.807, 2.05) is 0 Å². The Morgan fingerprint density at radius 2 is 2.31 bits per heavy atom. The van der Waals surface area contributed by atoms with Crippen molar-refractivity contribution in [3.8, 4) is 0 Å². The molecular formula is C6H8Br2N2O2S. The highest BCUT2D eigenvalue weighted by atomic mass is 79.9. The first-order chi connectivity index (χ1) is 6.20. The summed E-state index contributed by atoms with van der Waals surface area (Å²) in [6.45, 7) is 0. The van der Waals surface area contributed by atoms with E-state index in [1.54, 1.807) is 0 Å². The summed E-state index contributed by atoms with van der Waals surface area (Å²) < 4.78 is 4.26. The largest absolute Gasteiger partial charge is 0.464 e. The van der Waals surface area contributed by atoms with Gasteiger partial charge in [0.1, 0.15) is 4.75 Å². The number of alkyl halides is 2. The van der Waals surface area contributed by atoms with Crippen LogP contribution in [0.15, 0.2) is 5.10 Å². The molecule has 0 bridgehead atoms. The number of halogens is 2. The molecule has 1 rings (SSSR count). The molecule has 0 spiro atoms. The van der Waals surface area contributed by atoms with Gasteiger partial charge in [-0.25, -0.2) is 4.79 Å². The number of methoxy groups -OCH3 is 1. The molecule has 0 unspecified atom stereocenters. The second kappa shape index (κ2) is 4.65. The van der Waals surface area contributed by atoms with E-state index in [1.165, 1.54) is 19.1 Å². The Morgan fingerprint density at radius 3 is 2.77 bits per heavy atom. The molecule has 0 saturated heterocycles. The quantitative estimate of drug-likeness (QED) is 0.481. The van der Waals surface area contributed by atoms with Crippen molar-refractivity contribution in [2.24, 2.45) is 5.10 Å². The average Bonchev–Trinajstić information content (AvgIpc) is 2.60. The van der Waals surface area contributed by atoms with Crippen LogP contribution in [-0.4, -0.2) is 34.2 Å². The van der Waals surface area contributed by atoms with Gasteiger partial charge in [0.05, 0.1) is 7.11 Å². The molecule has 4 nitrogen and oxygen atoms in total. The number of hydrogen-bond acceptors (Lipinski definition) is 5. The summed E-state index contributed by atoms with van der Waals surface area (Å²) in [4.78, 5) is 14.0. The molecule has 0 amide bonds. The Kier molecular flexibility index (Phi) is 4.06. The van der Waals surface area contributed by atoms with Crippen LogP contribution >= 0.6 is 43.8 Å².